The summed E-state index contributed by atoms with van der Waals surface area (Å²) >= 11 is 1.36. The summed E-state index contributed by atoms with van der Waals surface area (Å²) in [6.07, 6.45) is 6.38. The predicted molar refractivity (Wildman–Crippen MR) is 84.4 cm³/mol. The van der Waals surface area contributed by atoms with Crippen LogP contribution in [0.4, 0.5) is 10.9 Å². The number of rotatable bonds is 6. The van der Waals surface area contributed by atoms with Gasteiger partial charge in [0.15, 0.2) is 5.13 Å². The van der Waals surface area contributed by atoms with Gasteiger partial charge in [-0.05, 0) is 19.3 Å². The van der Waals surface area contributed by atoms with Crippen LogP contribution in [-0.4, -0.2) is 31.0 Å². The molecule has 0 saturated heterocycles. The summed E-state index contributed by atoms with van der Waals surface area (Å²) in [5.41, 5.74) is 5.84. The van der Waals surface area contributed by atoms with E-state index >= 15 is 0 Å². The number of carbonyl (C=O) groups excluding carboxylic acids is 1. The quantitative estimate of drug-likeness (QED) is 0.846. The minimum Gasteiger partial charge on any atom is -0.382 e. The first-order valence-electron chi connectivity index (χ1n) is 7.37. The number of aromatic nitrogens is 1. The van der Waals surface area contributed by atoms with E-state index in [1.165, 1.54) is 37.0 Å². The maximum atomic E-state index is 12.1. The number of nitrogen functional groups attached to an aromatic ring is 1. The number of nitrogens with one attached hydrogen (secondary N) is 1. The molecule has 1 aliphatic carbocycles. The van der Waals surface area contributed by atoms with E-state index in [0.29, 0.717) is 10.7 Å². The fourth-order valence-corrected chi connectivity index (χ4v) is 3.48. The minimum absolute atomic E-state index is 0.0891. The topological polar surface area (TPSA) is 71.2 Å². The van der Waals surface area contributed by atoms with Crippen molar-refractivity contribution in [2.75, 3.05) is 30.8 Å². The molecule has 1 aromatic rings. The zero-order valence-corrected chi connectivity index (χ0v) is 13.1. The van der Waals surface area contributed by atoms with Crippen molar-refractivity contribution in [3.8, 4) is 0 Å². The molecule has 0 unspecified atom stereocenters. The molecule has 20 heavy (non-hydrogen) atoms. The molecule has 1 saturated carbocycles. The second-order valence-electron chi connectivity index (χ2n) is 5.42. The van der Waals surface area contributed by atoms with Crippen LogP contribution < -0.4 is 16.0 Å². The highest BCUT2D eigenvalue weighted by atomic mass is 32.1. The van der Waals surface area contributed by atoms with Gasteiger partial charge in [0, 0.05) is 20.1 Å². The molecule has 6 heteroatoms. The third kappa shape index (κ3) is 3.62. The Bertz CT molecular complexity index is 454. The molecule has 2 rings (SSSR count). The lowest BCUT2D eigenvalue weighted by atomic mass is 10.0. The van der Waals surface area contributed by atoms with Crippen molar-refractivity contribution in [2.24, 2.45) is 5.92 Å². The van der Waals surface area contributed by atoms with E-state index in [9.17, 15) is 4.79 Å². The highest BCUT2D eigenvalue weighted by Crippen LogP contribution is 2.28. The van der Waals surface area contributed by atoms with Gasteiger partial charge in [0.05, 0.1) is 0 Å². The predicted octanol–water partition coefficient (Wildman–Crippen LogP) is 2.49. The molecular formula is C14H24N4OS. The molecule has 0 bridgehead atoms. The van der Waals surface area contributed by atoms with Gasteiger partial charge in [-0.1, -0.05) is 37.0 Å². The number of hydrogen-bond acceptors (Lipinski definition) is 5. The molecule has 1 aliphatic rings. The average molecular weight is 296 g/mol. The summed E-state index contributed by atoms with van der Waals surface area (Å²) in [5.74, 6) is 1.04. The highest BCUT2D eigenvalue weighted by Gasteiger charge is 2.19. The zero-order chi connectivity index (χ0) is 14.5. The van der Waals surface area contributed by atoms with Crippen LogP contribution in [0.5, 0.6) is 0 Å². The van der Waals surface area contributed by atoms with Crippen LogP contribution in [0.25, 0.3) is 0 Å². The maximum absolute atomic E-state index is 12.1. The van der Waals surface area contributed by atoms with Crippen LogP contribution in [0.2, 0.25) is 0 Å². The number of nitrogens with zero attached hydrogens (tertiary/aromatic N) is 2. The largest absolute Gasteiger partial charge is 0.382 e. The Balaban J connectivity index is 1.86. The fraction of sp³-hybridized carbons (Fsp3) is 0.714. The van der Waals surface area contributed by atoms with E-state index in [0.717, 1.165) is 30.6 Å². The minimum atomic E-state index is -0.0891. The van der Waals surface area contributed by atoms with E-state index in [-0.39, 0.29) is 5.91 Å². The normalized spacial score (nSPS) is 15.5. The van der Waals surface area contributed by atoms with Gasteiger partial charge < -0.3 is 16.0 Å². The van der Waals surface area contributed by atoms with Crippen LogP contribution in [0.15, 0.2) is 0 Å². The molecule has 1 amide bonds. The number of nitrogens with two attached hydrogens (primary N) is 1. The van der Waals surface area contributed by atoms with Crippen molar-refractivity contribution < 1.29 is 4.79 Å². The van der Waals surface area contributed by atoms with Crippen LogP contribution >= 0.6 is 11.3 Å². The van der Waals surface area contributed by atoms with Gasteiger partial charge in [-0.25, -0.2) is 4.98 Å². The first-order valence-corrected chi connectivity index (χ1v) is 8.19. The van der Waals surface area contributed by atoms with Crippen LogP contribution in [0, 0.1) is 5.92 Å². The first-order chi connectivity index (χ1) is 9.61. The molecule has 1 heterocycles. The Morgan fingerprint density at radius 2 is 2.20 bits per heavy atom. The molecule has 0 radical (unpaired) electrons. The smallest absolute Gasteiger partial charge is 0.265 e. The van der Waals surface area contributed by atoms with Gasteiger partial charge in [-0.15, -0.1) is 0 Å². The maximum Gasteiger partial charge on any atom is 0.265 e. The third-order valence-electron chi connectivity index (χ3n) is 3.96. The Kier molecular flexibility index (Phi) is 5.23. The van der Waals surface area contributed by atoms with E-state index in [2.05, 4.69) is 10.3 Å². The number of thiazole rings is 1. The monoisotopic (exact) mass is 296 g/mol. The van der Waals surface area contributed by atoms with E-state index < -0.39 is 0 Å². The Hall–Kier alpha value is -1.30. The number of amides is 1. The lowest BCUT2D eigenvalue weighted by molar-refractivity contribution is 0.0956. The van der Waals surface area contributed by atoms with Gasteiger partial charge in [-0.3, -0.25) is 4.79 Å². The van der Waals surface area contributed by atoms with Crippen molar-refractivity contribution in [2.45, 2.75) is 39.0 Å². The number of hydrogen-bond donors (Lipinski definition) is 2. The lowest BCUT2D eigenvalue weighted by Gasteiger charge is -2.11. The number of anilines is 2. The third-order valence-corrected chi connectivity index (χ3v) is 5.15. The zero-order valence-electron chi connectivity index (χ0n) is 12.3. The summed E-state index contributed by atoms with van der Waals surface area (Å²) in [5, 5.41) is 3.77. The van der Waals surface area contributed by atoms with Crippen molar-refractivity contribution in [1.29, 1.82) is 0 Å². The van der Waals surface area contributed by atoms with E-state index in [1.54, 1.807) is 0 Å². The Morgan fingerprint density at radius 3 is 2.85 bits per heavy atom. The molecule has 1 aromatic heterocycles. The Morgan fingerprint density at radius 1 is 1.50 bits per heavy atom. The molecule has 5 nitrogen and oxygen atoms in total. The summed E-state index contributed by atoms with van der Waals surface area (Å²) in [6.45, 7) is 3.62. The SMILES string of the molecule is CCN(C)c1nc(N)c(C(=O)NCCC2CCCC2)s1. The Labute approximate surface area is 124 Å². The molecule has 112 valence electrons. The number of carbonyl (C=O) groups is 1. The lowest BCUT2D eigenvalue weighted by Crippen LogP contribution is -2.25. The summed E-state index contributed by atoms with van der Waals surface area (Å²) in [4.78, 5) is 18.9. The molecule has 1 fully saturated rings. The van der Waals surface area contributed by atoms with Gasteiger partial charge in [0.1, 0.15) is 10.7 Å². The first kappa shape index (κ1) is 15.1. The molecule has 3 N–H and O–H groups in total. The molecule has 0 aromatic carbocycles. The van der Waals surface area contributed by atoms with Gasteiger partial charge in [0.25, 0.3) is 5.91 Å². The molecule has 0 atom stereocenters. The second-order valence-corrected chi connectivity index (χ2v) is 6.40. The van der Waals surface area contributed by atoms with Gasteiger partial charge in [0.2, 0.25) is 0 Å². The summed E-state index contributed by atoms with van der Waals surface area (Å²) < 4.78 is 0. The van der Waals surface area contributed by atoms with Crippen molar-refractivity contribution in [1.82, 2.24) is 10.3 Å². The fourth-order valence-electron chi connectivity index (χ4n) is 2.55. The summed E-state index contributed by atoms with van der Waals surface area (Å²) in [6, 6.07) is 0. The van der Waals surface area contributed by atoms with E-state index in [1.807, 2.05) is 18.9 Å². The van der Waals surface area contributed by atoms with Crippen LogP contribution in [-0.2, 0) is 0 Å². The van der Waals surface area contributed by atoms with Crippen molar-refractivity contribution >= 4 is 28.2 Å². The molecule has 0 spiro atoms. The van der Waals surface area contributed by atoms with Crippen LogP contribution in [0.1, 0.15) is 48.7 Å². The summed E-state index contributed by atoms with van der Waals surface area (Å²) in [7, 11) is 1.94. The van der Waals surface area contributed by atoms with Crippen LogP contribution in [0.3, 0.4) is 0 Å². The molecular weight excluding hydrogens is 272 g/mol. The average Bonchev–Trinajstić information content (AvgIpc) is 3.07. The van der Waals surface area contributed by atoms with Crippen molar-refractivity contribution in [3.63, 3.8) is 0 Å². The standard InChI is InChI=1S/C14H24N4OS/c1-3-18(2)14-17-12(15)11(20-14)13(19)16-9-8-10-6-4-5-7-10/h10H,3-9,15H2,1-2H3,(H,16,19). The van der Waals surface area contributed by atoms with Gasteiger partial charge >= 0.3 is 0 Å². The molecule has 0 aliphatic heterocycles. The highest BCUT2D eigenvalue weighted by molar-refractivity contribution is 7.18. The van der Waals surface area contributed by atoms with E-state index in [4.69, 9.17) is 5.73 Å². The second kappa shape index (κ2) is 6.92. The van der Waals surface area contributed by atoms with Crippen molar-refractivity contribution in [3.05, 3.63) is 4.88 Å². The van der Waals surface area contributed by atoms with Gasteiger partial charge in [-0.2, -0.15) is 0 Å².